The first-order valence-corrected chi connectivity index (χ1v) is 14.6. The Labute approximate surface area is 238 Å². The molecule has 0 aliphatic heterocycles. The van der Waals surface area contributed by atoms with E-state index in [9.17, 15) is 18.0 Å². The smallest absolute Gasteiger partial charge is 0.340 e. The Kier molecular flexibility index (Phi) is 7.88. The fourth-order valence-corrected chi connectivity index (χ4v) is 5.90. The summed E-state index contributed by atoms with van der Waals surface area (Å²) < 4.78 is 40.7. The SMILES string of the molecule is Cc1ccc(S(=O)(=O)NC(C(=O)Oc2cc(C)cc3oc(=O)c(Cc4ccccc4)c(C)c23)c2ccccc2)cc1. The van der Waals surface area contributed by atoms with E-state index in [-0.39, 0.29) is 16.2 Å². The molecule has 5 aromatic rings. The van der Waals surface area contributed by atoms with Crippen molar-refractivity contribution in [3.05, 3.63) is 141 Å². The van der Waals surface area contributed by atoms with E-state index < -0.39 is 27.7 Å². The lowest BCUT2D eigenvalue weighted by Gasteiger charge is -2.19. The van der Waals surface area contributed by atoms with Gasteiger partial charge in [0, 0.05) is 12.0 Å². The minimum Gasteiger partial charge on any atom is -0.424 e. The van der Waals surface area contributed by atoms with E-state index in [0.29, 0.717) is 34.1 Å². The number of aryl methyl sites for hydroxylation is 3. The predicted molar refractivity (Wildman–Crippen MR) is 158 cm³/mol. The predicted octanol–water partition coefficient (Wildman–Crippen LogP) is 5.93. The molecule has 4 aromatic carbocycles. The standard InChI is InChI=1S/C33H29NO6S/c1-21-14-16-26(17-15-21)41(37,38)34-31(25-12-8-5-9-13-25)33(36)40-29-19-22(2)18-28-30(29)23(3)27(32(35)39-28)20-24-10-6-4-7-11-24/h4-19,31,34H,20H2,1-3H3. The summed E-state index contributed by atoms with van der Waals surface area (Å²) >= 11 is 0. The van der Waals surface area contributed by atoms with Crippen molar-refractivity contribution in [1.29, 1.82) is 0 Å². The lowest BCUT2D eigenvalue weighted by atomic mass is 9.98. The summed E-state index contributed by atoms with van der Waals surface area (Å²) in [5, 5.41) is 0.475. The van der Waals surface area contributed by atoms with Crippen LogP contribution in [0.15, 0.2) is 111 Å². The molecular weight excluding hydrogens is 538 g/mol. The summed E-state index contributed by atoms with van der Waals surface area (Å²) in [7, 11) is -4.08. The van der Waals surface area contributed by atoms with E-state index in [1.54, 1.807) is 68.4 Å². The van der Waals surface area contributed by atoms with Gasteiger partial charge in [0.15, 0.2) is 0 Å². The Bertz CT molecular complexity index is 1880. The molecule has 0 spiro atoms. The second kappa shape index (κ2) is 11.5. The maximum atomic E-state index is 13.7. The largest absolute Gasteiger partial charge is 0.424 e. The topological polar surface area (TPSA) is 103 Å². The highest BCUT2D eigenvalue weighted by Crippen LogP contribution is 2.33. The van der Waals surface area contributed by atoms with Crippen LogP contribution in [0.25, 0.3) is 11.0 Å². The van der Waals surface area contributed by atoms with Crippen LogP contribution >= 0.6 is 0 Å². The second-order valence-electron chi connectivity index (χ2n) is 9.99. The Morgan fingerprint density at radius 3 is 2.15 bits per heavy atom. The van der Waals surface area contributed by atoms with Gasteiger partial charge < -0.3 is 9.15 Å². The highest BCUT2D eigenvalue weighted by atomic mass is 32.2. The van der Waals surface area contributed by atoms with Gasteiger partial charge in [0.05, 0.1) is 10.3 Å². The van der Waals surface area contributed by atoms with E-state index in [0.717, 1.165) is 11.1 Å². The van der Waals surface area contributed by atoms with Crippen LogP contribution in [0.2, 0.25) is 0 Å². The van der Waals surface area contributed by atoms with E-state index in [1.165, 1.54) is 12.1 Å². The van der Waals surface area contributed by atoms with Gasteiger partial charge in [-0.2, -0.15) is 4.72 Å². The van der Waals surface area contributed by atoms with Crippen LogP contribution in [0, 0.1) is 20.8 Å². The van der Waals surface area contributed by atoms with Crippen molar-refractivity contribution < 1.29 is 22.4 Å². The molecule has 1 heterocycles. The lowest BCUT2D eigenvalue weighted by Crippen LogP contribution is -2.36. The molecule has 0 saturated heterocycles. The first-order chi connectivity index (χ1) is 19.6. The van der Waals surface area contributed by atoms with Crippen LogP contribution in [0.3, 0.4) is 0 Å². The average molecular weight is 568 g/mol. The van der Waals surface area contributed by atoms with Crippen molar-refractivity contribution in [3.63, 3.8) is 0 Å². The first kappa shape index (κ1) is 28.0. The van der Waals surface area contributed by atoms with E-state index in [2.05, 4.69) is 4.72 Å². The summed E-state index contributed by atoms with van der Waals surface area (Å²) in [5.41, 5.74) is 3.85. The molecule has 7 nitrogen and oxygen atoms in total. The highest BCUT2D eigenvalue weighted by Gasteiger charge is 2.30. The number of nitrogens with one attached hydrogen (secondary N) is 1. The van der Waals surface area contributed by atoms with Gasteiger partial charge in [-0.3, -0.25) is 0 Å². The monoisotopic (exact) mass is 567 g/mol. The van der Waals surface area contributed by atoms with Crippen molar-refractivity contribution >= 4 is 27.0 Å². The van der Waals surface area contributed by atoms with Crippen molar-refractivity contribution in [3.8, 4) is 5.75 Å². The number of fused-ring (bicyclic) bond motifs is 1. The molecule has 0 aliphatic carbocycles. The minimum atomic E-state index is -4.08. The first-order valence-electron chi connectivity index (χ1n) is 13.1. The molecule has 208 valence electrons. The zero-order valence-electron chi connectivity index (χ0n) is 22.9. The molecule has 41 heavy (non-hydrogen) atoms. The zero-order valence-corrected chi connectivity index (χ0v) is 23.7. The van der Waals surface area contributed by atoms with Gasteiger partial charge in [0.25, 0.3) is 0 Å². The number of esters is 1. The molecule has 1 aromatic heterocycles. The Hall–Kier alpha value is -4.53. The van der Waals surface area contributed by atoms with Gasteiger partial charge >= 0.3 is 11.6 Å². The van der Waals surface area contributed by atoms with Gasteiger partial charge in [-0.15, -0.1) is 0 Å². The lowest BCUT2D eigenvalue weighted by molar-refractivity contribution is -0.136. The number of hydrogen-bond acceptors (Lipinski definition) is 6. The third kappa shape index (κ3) is 6.14. The number of sulfonamides is 1. The van der Waals surface area contributed by atoms with Crippen LogP contribution in [-0.4, -0.2) is 14.4 Å². The quantitative estimate of drug-likeness (QED) is 0.142. The highest BCUT2D eigenvalue weighted by molar-refractivity contribution is 7.89. The zero-order chi connectivity index (χ0) is 29.1. The Balaban J connectivity index is 1.56. The van der Waals surface area contributed by atoms with Crippen molar-refractivity contribution in [2.75, 3.05) is 0 Å². The van der Waals surface area contributed by atoms with Crippen LogP contribution in [0.1, 0.15) is 39.4 Å². The van der Waals surface area contributed by atoms with Crippen molar-refractivity contribution in [2.45, 2.75) is 38.1 Å². The molecular formula is C33H29NO6S. The molecule has 0 amide bonds. The molecule has 0 fully saturated rings. The molecule has 8 heteroatoms. The number of carbonyl (C=O) groups excluding carboxylic acids is 1. The Morgan fingerprint density at radius 2 is 1.49 bits per heavy atom. The van der Waals surface area contributed by atoms with E-state index in [4.69, 9.17) is 9.15 Å². The van der Waals surface area contributed by atoms with Crippen LogP contribution in [0.4, 0.5) is 0 Å². The molecule has 0 aliphatic rings. The minimum absolute atomic E-state index is 0.0287. The van der Waals surface area contributed by atoms with E-state index in [1.807, 2.05) is 37.3 Å². The van der Waals surface area contributed by atoms with Gasteiger partial charge in [0.1, 0.15) is 17.4 Å². The Morgan fingerprint density at radius 1 is 0.854 bits per heavy atom. The number of hydrogen-bond donors (Lipinski definition) is 1. The normalized spacial score (nSPS) is 12.3. The van der Waals surface area contributed by atoms with Gasteiger partial charge in [-0.25, -0.2) is 18.0 Å². The molecule has 0 saturated carbocycles. The summed E-state index contributed by atoms with van der Waals surface area (Å²) in [5.74, 6) is -0.648. The third-order valence-electron chi connectivity index (χ3n) is 6.89. The summed E-state index contributed by atoms with van der Waals surface area (Å²) in [6.45, 7) is 5.44. The van der Waals surface area contributed by atoms with Gasteiger partial charge in [-0.1, -0.05) is 78.4 Å². The van der Waals surface area contributed by atoms with Crippen LogP contribution in [-0.2, 0) is 21.2 Å². The third-order valence-corrected chi connectivity index (χ3v) is 8.33. The van der Waals surface area contributed by atoms with Crippen molar-refractivity contribution in [1.82, 2.24) is 4.72 Å². The summed E-state index contributed by atoms with van der Waals surface area (Å²) in [4.78, 5) is 26.7. The number of carbonyl (C=O) groups is 1. The van der Waals surface area contributed by atoms with Gasteiger partial charge in [-0.05, 0) is 67.3 Å². The van der Waals surface area contributed by atoms with Crippen LogP contribution in [0.5, 0.6) is 5.75 Å². The van der Waals surface area contributed by atoms with Crippen LogP contribution < -0.4 is 15.1 Å². The fraction of sp³-hybridized carbons (Fsp3) is 0.152. The average Bonchev–Trinajstić information content (AvgIpc) is 2.95. The molecule has 0 bridgehead atoms. The molecule has 1 unspecified atom stereocenters. The number of ether oxygens (including phenoxy) is 1. The van der Waals surface area contributed by atoms with E-state index >= 15 is 0 Å². The molecule has 1 atom stereocenters. The molecule has 5 rings (SSSR count). The maximum absolute atomic E-state index is 13.7. The van der Waals surface area contributed by atoms with Gasteiger partial charge in [0.2, 0.25) is 10.0 Å². The second-order valence-corrected chi connectivity index (χ2v) is 11.7. The summed E-state index contributed by atoms with van der Waals surface area (Å²) in [6.07, 6.45) is 0.342. The fourth-order valence-electron chi connectivity index (χ4n) is 4.73. The number of rotatable bonds is 8. The molecule has 1 N–H and O–H groups in total. The van der Waals surface area contributed by atoms with Crippen molar-refractivity contribution in [2.24, 2.45) is 0 Å². The molecule has 0 radical (unpaired) electrons. The summed E-state index contributed by atoms with van der Waals surface area (Å²) in [6, 6.07) is 26.4. The maximum Gasteiger partial charge on any atom is 0.340 e. The number of benzene rings is 4.